The third kappa shape index (κ3) is 7.29. The Bertz CT molecular complexity index is 930. The fraction of sp³-hybridized carbons (Fsp3) is 0.286. The topological polar surface area (TPSA) is 82.9 Å². The highest BCUT2D eigenvalue weighted by atomic mass is 127. The fourth-order valence-electron chi connectivity index (χ4n) is 2.76. The highest BCUT2D eigenvalue weighted by molar-refractivity contribution is 14.2. The minimum Gasteiger partial charge on any atom is -0.489 e. The van der Waals surface area contributed by atoms with Crippen molar-refractivity contribution in [2.24, 2.45) is 16.2 Å². The normalized spacial score (nSPS) is 13.1. The van der Waals surface area contributed by atoms with Crippen LogP contribution in [0.1, 0.15) is 25.0 Å². The number of hydrogen-bond donors (Lipinski definition) is 2. The summed E-state index contributed by atoms with van der Waals surface area (Å²) < 4.78 is 15.4. The van der Waals surface area contributed by atoms with Crippen LogP contribution in [0.3, 0.4) is 0 Å². The van der Waals surface area contributed by atoms with Crippen LogP contribution in [0.5, 0.6) is 11.5 Å². The monoisotopic (exact) mass is 613 g/mol. The molecule has 0 spiro atoms. The smallest absolute Gasteiger partial charge is 0.156 e. The summed E-state index contributed by atoms with van der Waals surface area (Å²) in [5.74, 6) is 1.49. The van der Waals surface area contributed by atoms with Crippen molar-refractivity contribution in [1.29, 1.82) is 0 Å². The Morgan fingerprint density at radius 3 is 2.26 bits per heavy atom. The number of allylic oxidation sites excluding steroid dienone is 1. The number of benzene rings is 2. The summed E-state index contributed by atoms with van der Waals surface area (Å²) in [5.41, 5.74) is 14.3. The van der Waals surface area contributed by atoms with E-state index in [0.717, 1.165) is 11.1 Å². The molecule has 0 aliphatic heterocycles. The van der Waals surface area contributed by atoms with Gasteiger partial charge in [-0.05, 0) is 57.4 Å². The van der Waals surface area contributed by atoms with E-state index in [1.165, 1.54) is 0 Å². The van der Waals surface area contributed by atoms with Crippen LogP contribution in [0.25, 0.3) is 0 Å². The first-order valence-corrected chi connectivity index (χ1v) is 14.6. The molecule has 0 bridgehead atoms. The second kappa shape index (κ2) is 12.4. The highest BCUT2D eigenvalue weighted by Crippen LogP contribution is 2.40. The highest BCUT2D eigenvalue weighted by Gasteiger charge is 2.25. The van der Waals surface area contributed by atoms with Gasteiger partial charge in [-0.15, -0.1) is 11.6 Å². The third-order valence-corrected chi connectivity index (χ3v) is 6.42. The molecule has 1 unspecified atom stereocenters. The van der Waals surface area contributed by atoms with Gasteiger partial charge in [-0.2, -0.15) is 0 Å². The minimum absolute atomic E-state index is 0.180. The largest absolute Gasteiger partial charge is 0.489 e. The lowest BCUT2D eigenvalue weighted by atomic mass is 9.78. The van der Waals surface area contributed by atoms with E-state index in [2.05, 4.69) is 40.7 Å². The SMILES string of the molecule is CC(C)(c1ccc(OCC(N)=C(N)C=NPI)cc1)c1cc(Cl)c(OCCCl)c(Cl)c1. The number of halogens is 4. The van der Waals surface area contributed by atoms with E-state index < -0.39 is 0 Å². The lowest BCUT2D eigenvalue weighted by molar-refractivity contribution is 0.343. The van der Waals surface area contributed by atoms with Gasteiger partial charge in [0.2, 0.25) is 0 Å². The lowest BCUT2D eigenvalue weighted by Crippen LogP contribution is -2.19. The number of nitrogens with two attached hydrogens (primary N) is 2. The molecule has 0 aliphatic rings. The molecule has 2 aromatic rings. The molecule has 2 rings (SSSR count). The van der Waals surface area contributed by atoms with Gasteiger partial charge in [0, 0.05) is 5.41 Å². The average molecular weight is 615 g/mol. The van der Waals surface area contributed by atoms with Crippen molar-refractivity contribution in [1.82, 2.24) is 0 Å². The van der Waals surface area contributed by atoms with Crippen molar-refractivity contribution >= 4 is 69.4 Å². The molecule has 4 N–H and O–H groups in total. The molecule has 0 aromatic heterocycles. The maximum atomic E-state index is 6.41. The lowest BCUT2D eigenvalue weighted by Gasteiger charge is -2.27. The molecule has 0 amide bonds. The van der Waals surface area contributed by atoms with E-state index in [-0.39, 0.29) is 12.0 Å². The summed E-state index contributed by atoms with van der Waals surface area (Å²) in [7, 11) is 0. The van der Waals surface area contributed by atoms with Crippen LogP contribution in [0.4, 0.5) is 0 Å². The van der Waals surface area contributed by atoms with Gasteiger partial charge in [0.15, 0.2) is 5.75 Å². The van der Waals surface area contributed by atoms with Crippen LogP contribution >= 0.6 is 63.2 Å². The van der Waals surface area contributed by atoms with Crippen LogP contribution in [0.2, 0.25) is 10.0 Å². The van der Waals surface area contributed by atoms with E-state index in [9.17, 15) is 0 Å². The van der Waals surface area contributed by atoms with Gasteiger partial charge in [-0.3, -0.25) is 4.76 Å². The molecule has 2 aromatic carbocycles. The summed E-state index contributed by atoms with van der Waals surface area (Å²) in [6.45, 7) is 4.71. The molecule has 168 valence electrons. The van der Waals surface area contributed by atoms with E-state index >= 15 is 0 Å². The van der Waals surface area contributed by atoms with Crippen LogP contribution in [0, 0.1) is 0 Å². The quantitative estimate of drug-likeness (QED) is 0.139. The first-order valence-electron chi connectivity index (χ1n) is 9.25. The predicted octanol–water partition coefficient (Wildman–Crippen LogP) is 6.46. The van der Waals surface area contributed by atoms with Crippen molar-refractivity contribution in [2.45, 2.75) is 19.3 Å². The zero-order chi connectivity index (χ0) is 23.0. The standard InChI is InChI=1S/C21H24Cl3IN3O2P/c1-21(2,14-9-16(23)20(17(24)10-14)29-8-7-22)13-3-5-15(6-4-13)30-12-19(27)18(26)11-28-31-25/h3-6,9-11,31H,7-8,12,26-27H2,1-2H3. The Hall–Kier alpha value is -0.920. The van der Waals surface area contributed by atoms with Crippen LogP contribution in [0.15, 0.2) is 52.6 Å². The molecule has 0 aliphatic carbocycles. The molecule has 0 saturated carbocycles. The zero-order valence-corrected chi connectivity index (χ0v) is 22.5. The van der Waals surface area contributed by atoms with E-state index in [0.29, 0.717) is 51.8 Å². The second-order valence-corrected chi connectivity index (χ2v) is 10.1. The van der Waals surface area contributed by atoms with Crippen LogP contribution in [-0.4, -0.2) is 25.3 Å². The Morgan fingerprint density at radius 1 is 1.10 bits per heavy atom. The maximum Gasteiger partial charge on any atom is 0.156 e. The van der Waals surface area contributed by atoms with Crippen molar-refractivity contribution in [3.05, 3.63) is 69.0 Å². The van der Waals surface area contributed by atoms with Crippen molar-refractivity contribution < 1.29 is 9.47 Å². The molecular weight excluding hydrogens is 590 g/mol. The Balaban J connectivity index is 2.17. The number of alkyl halides is 1. The van der Waals surface area contributed by atoms with Crippen molar-refractivity contribution in [2.75, 3.05) is 19.1 Å². The maximum absolute atomic E-state index is 6.41. The summed E-state index contributed by atoms with van der Waals surface area (Å²) in [5, 5.41) is 0.902. The van der Waals surface area contributed by atoms with Gasteiger partial charge in [0.05, 0.1) is 39.9 Å². The number of nitrogens with zero attached hydrogens (tertiary/aromatic N) is 1. The number of hydrogen-bond acceptors (Lipinski definition) is 5. The number of ether oxygens (including phenoxy) is 2. The van der Waals surface area contributed by atoms with Crippen LogP contribution in [-0.2, 0) is 5.41 Å². The summed E-state index contributed by atoms with van der Waals surface area (Å²) in [4.78, 5) is 0. The molecule has 5 nitrogen and oxygen atoms in total. The van der Waals surface area contributed by atoms with Gasteiger partial charge in [-0.25, -0.2) is 0 Å². The molecule has 0 fully saturated rings. The first-order chi connectivity index (χ1) is 14.7. The van der Waals surface area contributed by atoms with E-state index in [1.807, 2.05) is 36.4 Å². The van der Waals surface area contributed by atoms with E-state index in [1.54, 1.807) is 6.21 Å². The van der Waals surface area contributed by atoms with Crippen molar-refractivity contribution in [3.8, 4) is 11.5 Å². The van der Waals surface area contributed by atoms with E-state index in [4.69, 9.17) is 55.7 Å². The van der Waals surface area contributed by atoms with Gasteiger partial charge < -0.3 is 20.9 Å². The Morgan fingerprint density at radius 2 is 1.71 bits per heavy atom. The predicted molar refractivity (Wildman–Crippen MR) is 143 cm³/mol. The Labute approximate surface area is 212 Å². The van der Waals surface area contributed by atoms with Crippen molar-refractivity contribution in [3.63, 3.8) is 0 Å². The molecule has 0 heterocycles. The molecule has 1 atom stereocenters. The van der Waals surface area contributed by atoms with Crippen LogP contribution < -0.4 is 20.9 Å². The van der Waals surface area contributed by atoms with Gasteiger partial charge in [0.1, 0.15) is 19.0 Å². The Kier molecular flexibility index (Phi) is 10.5. The summed E-state index contributed by atoms with van der Waals surface area (Å²) in [6.07, 6.45) is 1.95. The fourth-order valence-corrected chi connectivity index (χ4v) is 4.03. The molecule has 0 saturated heterocycles. The molecule has 10 heteroatoms. The zero-order valence-electron chi connectivity index (χ0n) is 17.1. The summed E-state index contributed by atoms with van der Waals surface area (Å²) in [6, 6.07) is 11.5. The average Bonchev–Trinajstić information content (AvgIpc) is 2.75. The second-order valence-electron chi connectivity index (χ2n) is 7.07. The first kappa shape index (κ1) is 26.3. The molecular formula is C21H24Cl3IN3O2P. The summed E-state index contributed by atoms with van der Waals surface area (Å²) >= 11 is 20.7. The molecule has 31 heavy (non-hydrogen) atoms. The molecule has 0 radical (unpaired) electrons. The van der Waals surface area contributed by atoms with Gasteiger partial charge in [0.25, 0.3) is 0 Å². The van der Waals surface area contributed by atoms with Gasteiger partial charge in [-0.1, -0.05) is 49.2 Å². The number of rotatable bonds is 10. The third-order valence-electron chi connectivity index (χ3n) is 4.64. The van der Waals surface area contributed by atoms with Gasteiger partial charge >= 0.3 is 0 Å². The minimum atomic E-state index is -0.350.